The number of benzene rings is 3. The number of nitrogens with zero attached hydrogens (tertiary/aromatic N) is 1. The minimum absolute atomic E-state index is 0.0321. The molecule has 0 aliphatic carbocycles. The minimum atomic E-state index is -4.10. The van der Waals surface area contributed by atoms with Crippen LogP contribution in [0.25, 0.3) is 6.08 Å². The molecule has 32 heavy (non-hydrogen) atoms. The van der Waals surface area contributed by atoms with Crippen LogP contribution in [-0.4, -0.2) is 28.0 Å². The molecule has 0 aliphatic heterocycles. The van der Waals surface area contributed by atoms with Crippen molar-refractivity contribution >= 4 is 27.7 Å². The van der Waals surface area contributed by atoms with E-state index in [-0.39, 0.29) is 10.6 Å². The highest BCUT2D eigenvalue weighted by molar-refractivity contribution is 7.93. The number of sulfonamides is 1. The Morgan fingerprint density at radius 2 is 1.59 bits per heavy atom. The van der Waals surface area contributed by atoms with Crippen molar-refractivity contribution in [3.8, 4) is 11.5 Å². The number of anilines is 1. The SMILES string of the molecule is CCCOc1ccc(/C=C/C(=O)N(c2ccccc2)S(=O)(=O)c2ccccc2)cc1OC. The molecule has 0 fully saturated rings. The summed E-state index contributed by atoms with van der Waals surface area (Å²) in [5, 5.41) is 0. The molecule has 3 aromatic rings. The van der Waals surface area contributed by atoms with Crippen LogP contribution in [0, 0.1) is 0 Å². The fourth-order valence-corrected chi connectivity index (χ4v) is 4.41. The van der Waals surface area contributed by atoms with Crippen molar-refractivity contribution in [1.82, 2.24) is 0 Å². The van der Waals surface area contributed by atoms with E-state index in [1.165, 1.54) is 25.3 Å². The Hall–Kier alpha value is -3.58. The quantitative estimate of drug-likeness (QED) is 0.432. The summed E-state index contributed by atoms with van der Waals surface area (Å²) in [5.41, 5.74) is 0.927. The lowest BCUT2D eigenvalue weighted by atomic mass is 10.2. The highest BCUT2D eigenvalue weighted by atomic mass is 32.2. The number of hydrogen-bond donors (Lipinski definition) is 0. The molecule has 0 aromatic heterocycles. The molecular formula is C25H25NO5S. The molecule has 3 aromatic carbocycles. The van der Waals surface area contributed by atoms with Crippen LogP contribution in [0.4, 0.5) is 5.69 Å². The number of methoxy groups -OCH3 is 1. The van der Waals surface area contributed by atoms with E-state index >= 15 is 0 Å². The average Bonchev–Trinajstić information content (AvgIpc) is 2.82. The fourth-order valence-electron chi connectivity index (χ4n) is 3.00. The summed E-state index contributed by atoms with van der Waals surface area (Å²) in [6.07, 6.45) is 3.64. The number of carbonyl (C=O) groups is 1. The molecule has 0 N–H and O–H groups in total. The molecule has 0 radical (unpaired) electrons. The second kappa shape index (κ2) is 10.6. The summed E-state index contributed by atoms with van der Waals surface area (Å²) in [4.78, 5) is 13.1. The zero-order valence-corrected chi connectivity index (χ0v) is 18.8. The molecule has 0 unspecified atom stereocenters. The third-order valence-electron chi connectivity index (χ3n) is 4.54. The van der Waals surface area contributed by atoms with Crippen LogP contribution < -0.4 is 13.8 Å². The zero-order valence-electron chi connectivity index (χ0n) is 18.0. The van der Waals surface area contributed by atoms with Gasteiger partial charge in [0, 0.05) is 6.08 Å². The highest BCUT2D eigenvalue weighted by Gasteiger charge is 2.29. The van der Waals surface area contributed by atoms with Crippen molar-refractivity contribution in [3.63, 3.8) is 0 Å². The van der Waals surface area contributed by atoms with E-state index in [1.54, 1.807) is 72.8 Å². The first kappa shape index (κ1) is 23.1. The predicted octanol–water partition coefficient (Wildman–Crippen LogP) is 4.92. The van der Waals surface area contributed by atoms with Crippen LogP contribution in [-0.2, 0) is 14.8 Å². The lowest BCUT2D eigenvalue weighted by Crippen LogP contribution is -2.35. The smallest absolute Gasteiger partial charge is 0.271 e. The summed E-state index contributed by atoms with van der Waals surface area (Å²) >= 11 is 0. The Kier molecular flexibility index (Phi) is 7.68. The maximum absolute atomic E-state index is 13.3. The van der Waals surface area contributed by atoms with E-state index in [0.29, 0.717) is 23.7 Å². The van der Waals surface area contributed by atoms with E-state index in [1.807, 2.05) is 6.92 Å². The summed E-state index contributed by atoms with van der Waals surface area (Å²) < 4.78 is 38.3. The second-order valence-corrected chi connectivity index (χ2v) is 8.64. The topological polar surface area (TPSA) is 72.9 Å². The Balaban J connectivity index is 1.94. The van der Waals surface area contributed by atoms with E-state index in [9.17, 15) is 13.2 Å². The maximum atomic E-state index is 13.3. The van der Waals surface area contributed by atoms with Gasteiger partial charge in [-0.1, -0.05) is 49.4 Å². The van der Waals surface area contributed by atoms with Gasteiger partial charge in [-0.15, -0.1) is 0 Å². The first-order chi connectivity index (χ1) is 15.5. The first-order valence-electron chi connectivity index (χ1n) is 10.2. The third-order valence-corrected chi connectivity index (χ3v) is 6.28. The Bertz CT molecular complexity index is 1180. The molecule has 6 nitrogen and oxygen atoms in total. The van der Waals surface area contributed by atoms with Crippen LogP contribution in [0.15, 0.2) is 89.8 Å². The van der Waals surface area contributed by atoms with Crippen molar-refractivity contribution in [2.24, 2.45) is 0 Å². The second-order valence-electron chi connectivity index (χ2n) is 6.85. The number of rotatable bonds is 9. The number of para-hydroxylation sites is 1. The van der Waals surface area contributed by atoms with Gasteiger partial charge >= 0.3 is 0 Å². The van der Waals surface area contributed by atoms with Crippen LogP contribution in [0.1, 0.15) is 18.9 Å². The van der Waals surface area contributed by atoms with Crippen molar-refractivity contribution in [1.29, 1.82) is 0 Å². The molecule has 0 saturated heterocycles. The Morgan fingerprint density at radius 1 is 0.938 bits per heavy atom. The van der Waals surface area contributed by atoms with E-state index in [2.05, 4.69) is 0 Å². The van der Waals surface area contributed by atoms with Crippen LogP contribution in [0.5, 0.6) is 11.5 Å². The van der Waals surface area contributed by atoms with Gasteiger partial charge in [-0.2, -0.15) is 4.31 Å². The van der Waals surface area contributed by atoms with Gasteiger partial charge < -0.3 is 9.47 Å². The highest BCUT2D eigenvalue weighted by Crippen LogP contribution is 2.29. The van der Waals surface area contributed by atoms with Gasteiger partial charge in [-0.3, -0.25) is 4.79 Å². The molecule has 0 atom stereocenters. The lowest BCUT2D eigenvalue weighted by molar-refractivity contribution is -0.113. The molecule has 1 amide bonds. The summed E-state index contributed by atoms with van der Waals surface area (Å²) in [7, 11) is -2.56. The Labute approximate surface area is 188 Å². The molecule has 7 heteroatoms. The minimum Gasteiger partial charge on any atom is -0.493 e. The Morgan fingerprint density at radius 3 is 2.22 bits per heavy atom. The van der Waals surface area contributed by atoms with E-state index < -0.39 is 15.9 Å². The first-order valence-corrected chi connectivity index (χ1v) is 11.6. The van der Waals surface area contributed by atoms with Gasteiger partial charge in [0.2, 0.25) is 0 Å². The van der Waals surface area contributed by atoms with Crippen molar-refractivity contribution in [3.05, 3.63) is 90.5 Å². The molecule has 0 heterocycles. The van der Waals surface area contributed by atoms with Gasteiger partial charge in [0.05, 0.1) is 24.3 Å². The molecule has 0 saturated carbocycles. The zero-order chi connectivity index (χ0) is 23.0. The fraction of sp³-hybridized carbons (Fsp3) is 0.160. The average molecular weight is 452 g/mol. The number of ether oxygens (including phenoxy) is 2. The predicted molar refractivity (Wildman–Crippen MR) is 125 cm³/mol. The van der Waals surface area contributed by atoms with Gasteiger partial charge in [0.25, 0.3) is 15.9 Å². The standard InChI is InChI=1S/C25H25NO5S/c1-3-18-31-23-16-14-20(19-24(23)30-2)15-17-25(27)26(21-10-6-4-7-11-21)32(28,29)22-12-8-5-9-13-22/h4-17,19H,3,18H2,1-2H3/b17-15+. The van der Waals surface area contributed by atoms with E-state index in [4.69, 9.17) is 9.47 Å². The molecule has 0 spiro atoms. The third kappa shape index (κ3) is 5.36. The normalized spacial score (nSPS) is 11.3. The number of amides is 1. The molecule has 3 rings (SSSR count). The lowest BCUT2D eigenvalue weighted by Gasteiger charge is -2.21. The molecule has 166 valence electrons. The number of hydrogen-bond acceptors (Lipinski definition) is 5. The van der Waals surface area contributed by atoms with Gasteiger partial charge in [0.1, 0.15) is 0 Å². The molecule has 0 bridgehead atoms. The van der Waals surface area contributed by atoms with Crippen LogP contribution >= 0.6 is 0 Å². The van der Waals surface area contributed by atoms with Gasteiger partial charge in [0.15, 0.2) is 11.5 Å². The monoisotopic (exact) mass is 451 g/mol. The largest absolute Gasteiger partial charge is 0.493 e. The number of carbonyl (C=O) groups excluding carboxylic acids is 1. The molecular weight excluding hydrogens is 426 g/mol. The maximum Gasteiger partial charge on any atom is 0.271 e. The van der Waals surface area contributed by atoms with Gasteiger partial charge in [-0.25, -0.2) is 8.42 Å². The van der Waals surface area contributed by atoms with Crippen LogP contribution in [0.2, 0.25) is 0 Å². The molecule has 0 aliphatic rings. The van der Waals surface area contributed by atoms with Gasteiger partial charge in [-0.05, 0) is 54.5 Å². The van der Waals surface area contributed by atoms with E-state index in [0.717, 1.165) is 10.7 Å². The summed E-state index contributed by atoms with van der Waals surface area (Å²) in [6, 6.07) is 21.4. The van der Waals surface area contributed by atoms with Crippen LogP contribution in [0.3, 0.4) is 0 Å². The van der Waals surface area contributed by atoms with Crippen molar-refractivity contribution < 1.29 is 22.7 Å². The summed E-state index contributed by atoms with van der Waals surface area (Å²) in [5.74, 6) is 0.450. The van der Waals surface area contributed by atoms with Crippen molar-refractivity contribution in [2.75, 3.05) is 18.0 Å². The summed E-state index contributed by atoms with van der Waals surface area (Å²) in [6.45, 7) is 2.57. The van der Waals surface area contributed by atoms with Crippen molar-refractivity contribution in [2.45, 2.75) is 18.2 Å².